The predicted octanol–water partition coefficient (Wildman–Crippen LogP) is 4.54. The molecule has 38 heavy (non-hydrogen) atoms. The number of hydrogen-bond acceptors (Lipinski definition) is 9. The molecule has 0 atom stereocenters. The Hall–Kier alpha value is -5.25. The normalized spacial score (nSPS) is 11.3. The van der Waals surface area contributed by atoms with E-state index in [1.165, 1.54) is 44.2 Å². The molecular formula is C28H18O10. The Balaban J connectivity index is 2.03. The van der Waals surface area contributed by atoms with Crippen LogP contribution in [0.4, 0.5) is 0 Å². The molecule has 0 aliphatic heterocycles. The van der Waals surface area contributed by atoms with Gasteiger partial charge in [0.05, 0.1) is 27.3 Å². The molecule has 2 heterocycles. The number of phenolic OH excluding ortho intramolecular Hbond substituents is 1. The summed E-state index contributed by atoms with van der Waals surface area (Å²) in [5, 5.41) is 29.4. The van der Waals surface area contributed by atoms with Gasteiger partial charge in [0.25, 0.3) is 0 Å². The van der Waals surface area contributed by atoms with Crippen LogP contribution in [0.3, 0.4) is 0 Å². The minimum atomic E-state index is -1.58. The predicted molar refractivity (Wildman–Crippen MR) is 137 cm³/mol. The number of benzene rings is 3. The van der Waals surface area contributed by atoms with Crippen molar-refractivity contribution in [2.45, 2.75) is 20.8 Å². The number of aryl methyl sites for hydroxylation is 1. The molecule has 10 nitrogen and oxygen atoms in total. The first kappa shape index (κ1) is 24.4. The van der Waals surface area contributed by atoms with E-state index in [0.29, 0.717) is 0 Å². The summed E-state index contributed by atoms with van der Waals surface area (Å²) in [6.07, 6.45) is 0.990. The molecule has 0 aliphatic rings. The average molecular weight is 514 g/mol. The summed E-state index contributed by atoms with van der Waals surface area (Å²) < 4.78 is 11.5. The molecule has 5 rings (SSSR count). The summed E-state index contributed by atoms with van der Waals surface area (Å²) in [6.45, 7) is 3.76. The fourth-order valence-electron chi connectivity index (χ4n) is 4.66. The van der Waals surface area contributed by atoms with Gasteiger partial charge in [0.15, 0.2) is 11.6 Å². The summed E-state index contributed by atoms with van der Waals surface area (Å²) in [7, 11) is 0. The van der Waals surface area contributed by atoms with Crippen molar-refractivity contribution < 1.29 is 38.5 Å². The van der Waals surface area contributed by atoms with Crippen LogP contribution in [-0.2, 0) is 0 Å². The van der Waals surface area contributed by atoms with Crippen LogP contribution < -0.4 is 10.9 Å². The van der Waals surface area contributed by atoms with E-state index in [2.05, 4.69) is 0 Å². The van der Waals surface area contributed by atoms with Crippen molar-refractivity contribution >= 4 is 50.4 Å². The molecule has 0 fully saturated rings. The molecule has 0 spiro atoms. The molecule has 2 aromatic heterocycles. The topological polar surface area (TPSA) is 172 Å². The van der Waals surface area contributed by atoms with Crippen molar-refractivity contribution in [1.82, 2.24) is 0 Å². The second-order valence-corrected chi connectivity index (χ2v) is 8.85. The number of hydrogen-bond donors (Lipinski definition) is 3. The van der Waals surface area contributed by atoms with E-state index in [1.807, 2.05) is 0 Å². The van der Waals surface area contributed by atoms with Crippen LogP contribution in [-0.4, -0.2) is 32.9 Å². The number of carbonyl (C=O) groups excluding carboxylic acids is 2. The number of ketones is 2. The largest absolute Gasteiger partial charge is 0.508 e. The van der Waals surface area contributed by atoms with Crippen molar-refractivity contribution in [3.63, 3.8) is 0 Å². The molecule has 0 amide bonds. The molecule has 0 aliphatic carbocycles. The van der Waals surface area contributed by atoms with Crippen molar-refractivity contribution in [1.29, 1.82) is 0 Å². The maximum Gasteiger partial charge on any atom is 0.340 e. The van der Waals surface area contributed by atoms with Crippen LogP contribution >= 0.6 is 0 Å². The lowest BCUT2D eigenvalue weighted by atomic mass is 9.88. The molecule has 3 aromatic carbocycles. The fourth-order valence-corrected chi connectivity index (χ4v) is 4.66. The highest BCUT2D eigenvalue weighted by Gasteiger charge is 2.29. The van der Waals surface area contributed by atoms with E-state index in [1.54, 1.807) is 0 Å². The smallest absolute Gasteiger partial charge is 0.340 e. The quantitative estimate of drug-likeness (QED) is 0.228. The van der Waals surface area contributed by atoms with E-state index in [9.17, 15) is 39.3 Å². The number of fused-ring (bicyclic) bond motifs is 3. The second kappa shape index (κ2) is 8.41. The van der Waals surface area contributed by atoms with Crippen molar-refractivity contribution in [2.24, 2.45) is 0 Å². The third kappa shape index (κ3) is 3.46. The van der Waals surface area contributed by atoms with Crippen LogP contribution in [0.2, 0.25) is 0 Å². The van der Waals surface area contributed by atoms with Gasteiger partial charge in [-0.3, -0.25) is 19.2 Å². The van der Waals surface area contributed by atoms with E-state index in [0.717, 1.165) is 13.2 Å². The number of carboxylic acids is 1. The number of rotatable bonds is 4. The minimum absolute atomic E-state index is 0.0106. The highest BCUT2D eigenvalue weighted by Crippen LogP contribution is 2.37. The molecule has 0 radical (unpaired) electrons. The van der Waals surface area contributed by atoms with E-state index < -0.39 is 45.1 Å². The van der Waals surface area contributed by atoms with E-state index in [-0.39, 0.29) is 61.1 Å². The maximum atomic E-state index is 13.7. The Labute approximate surface area is 212 Å². The molecule has 0 bridgehead atoms. The van der Waals surface area contributed by atoms with Crippen LogP contribution in [0.25, 0.3) is 44.0 Å². The molecule has 0 unspecified atom stereocenters. The summed E-state index contributed by atoms with van der Waals surface area (Å²) in [5.41, 5.74) is -3.35. The Morgan fingerprint density at radius 3 is 2.18 bits per heavy atom. The molecule has 3 N–H and O–H groups in total. The number of phenols is 2. The molecular weight excluding hydrogens is 496 g/mol. The van der Waals surface area contributed by atoms with Crippen LogP contribution in [0, 0.1) is 6.92 Å². The van der Waals surface area contributed by atoms with Gasteiger partial charge >= 0.3 is 5.97 Å². The van der Waals surface area contributed by atoms with Gasteiger partial charge in [-0.05, 0) is 56.7 Å². The molecule has 190 valence electrons. The standard InChI is InChI=1S/C28H18O10/c1-10-6-19-22(23(24(10)32)28(35)36)26(34)17(9-37-19)21-14(11(2)29)8-16-25(33)15-7-13(31)4-5-18(15)38-27(16)20(21)12(3)30/h4-9,31-32H,1-3H3,(H,35,36). The first-order valence-electron chi connectivity index (χ1n) is 11.2. The minimum Gasteiger partial charge on any atom is -0.508 e. The molecule has 10 heteroatoms. The van der Waals surface area contributed by atoms with Gasteiger partial charge in [-0.2, -0.15) is 0 Å². The number of carbonyl (C=O) groups is 3. The summed E-state index contributed by atoms with van der Waals surface area (Å²) in [5.74, 6) is -3.67. The third-order valence-corrected chi connectivity index (χ3v) is 6.39. The van der Waals surface area contributed by atoms with Gasteiger partial charge < -0.3 is 24.2 Å². The van der Waals surface area contributed by atoms with E-state index >= 15 is 0 Å². The Morgan fingerprint density at radius 2 is 1.55 bits per heavy atom. The van der Waals surface area contributed by atoms with Gasteiger partial charge in [0, 0.05) is 11.1 Å². The van der Waals surface area contributed by atoms with E-state index in [4.69, 9.17) is 8.83 Å². The Kier molecular flexibility index (Phi) is 5.41. The van der Waals surface area contributed by atoms with Gasteiger partial charge in [0.2, 0.25) is 10.9 Å². The first-order chi connectivity index (χ1) is 17.9. The van der Waals surface area contributed by atoms with Gasteiger partial charge in [-0.25, -0.2) is 4.79 Å². The Morgan fingerprint density at radius 1 is 0.842 bits per heavy atom. The highest BCUT2D eigenvalue weighted by atomic mass is 16.4. The first-order valence-corrected chi connectivity index (χ1v) is 11.2. The van der Waals surface area contributed by atoms with Crippen molar-refractivity contribution in [2.75, 3.05) is 0 Å². The zero-order valence-electron chi connectivity index (χ0n) is 20.2. The number of carboxylic acid groups (broad SMARTS) is 1. The molecule has 5 aromatic rings. The fraction of sp³-hybridized carbons (Fsp3) is 0.107. The lowest BCUT2D eigenvalue weighted by Crippen LogP contribution is -2.16. The summed E-state index contributed by atoms with van der Waals surface area (Å²) >= 11 is 0. The molecule has 0 saturated heterocycles. The van der Waals surface area contributed by atoms with Gasteiger partial charge in [-0.1, -0.05) is 0 Å². The van der Waals surface area contributed by atoms with Crippen LogP contribution in [0.1, 0.15) is 50.5 Å². The lowest BCUT2D eigenvalue weighted by molar-refractivity contribution is 0.0695. The monoisotopic (exact) mass is 514 g/mol. The number of Topliss-reactive ketones (excluding diaryl/α,β-unsaturated/α-hetero) is 2. The average Bonchev–Trinajstić information content (AvgIpc) is 2.84. The lowest BCUT2D eigenvalue weighted by Gasteiger charge is -2.15. The van der Waals surface area contributed by atoms with Crippen LogP contribution in [0.5, 0.6) is 11.5 Å². The van der Waals surface area contributed by atoms with Gasteiger partial charge in [-0.15, -0.1) is 0 Å². The zero-order chi connectivity index (χ0) is 27.6. The maximum absolute atomic E-state index is 13.7. The van der Waals surface area contributed by atoms with Gasteiger partial charge in [0.1, 0.15) is 40.1 Å². The molecule has 0 saturated carbocycles. The number of aromatic carboxylic acids is 1. The number of aromatic hydroxyl groups is 2. The van der Waals surface area contributed by atoms with Crippen molar-refractivity contribution in [3.8, 4) is 22.6 Å². The summed E-state index contributed by atoms with van der Waals surface area (Å²) in [4.78, 5) is 64.8. The second-order valence-electron chi connectivity index (χ2n) is 8.85. The summed E-state index contributed by atoms with van der Waals surface area (Å²) in [6, 6.07) is 6.29. The highest BCUT2D eigenvalue weighted by molar-refractivity contribution is 6.18. The SMILES string of the molecule is CC(=O)c1cc2c(=O)c3cc(O)ccc3oc2c(C(C)=O)c1-c1coc2cc(C)c(O)c(C(=O)O)c2c1=O. The van der Waals surface area contributed by atoms with Crippen LogP contribution in [0.15, 0.2) is 55.0 Å². The third-order valence-electron chi connectivity index (χ3n) is 6.39. The zero-order valence-corrected chi connectivity index (χ0v) is 20.2. The van der Waals surface area contributed by atoms with Crippen molar-refractivity contribution in [3.05, 3.63) is 79.3 Å². The Bertz CT molecular complexity index is 2020.